The lowest BCUT2D eigenvalue weighted by Crippen LogP contribution is -2.53. The van der Waals surface area contributed by atoms with Gasteiger partial charge in [0.25, 0.3) is 0 Å². The zero-order valence-corrected chi connectivity index (χ0v) is 13.0. The van der Waals surface area contributed by atoms with Gasteiger partial charge in [0.05, 0.1) is 0 Å². The number of rotatable bonds is 6. The molecule has 0 aromatic heterocycles. The van der Waals surface area contributed by atoms with Crippen LogP contribution < -0.4 is 5.32 Å². The van der Waals surface area contributed by atoms with Crippen LogP contribution in [0.15, 0.2) is 0 Å². The molecular formula is C17H28F3N. The second-order valence-corrected chi connectivity index (χ2v) is 7.72. The molecule has 0 amide bonds. The van der Waals surface area contributed by atoms with Crippen LogP contribution in [0.2, 0.25) is 0 Å². The SMILES string of the molecule is CCCNC(CCC(F)(F)F)C1C2CC3CC(C2)CC1C3. The van der Waals surface area contributed by atoms with E-state index in [0.717, 1.165) is 24.8 Å². The molecule has 122 valence electrons. The van der Waals surface area contributed by atoms with Gasteiger partial charge in [-0.1, -0.05) is 6.92 Å². The van der Waals surface area contributed by atoms with E-state index in [4.69, 9.17) is 0 Å². The van der Waals surface area contributed by atoms with E-state index >= 15 is 0 Å². The minimum Gasteiger partial charge on any atom is -0.314 e. The molecule has 1 atom stereocenters. The standard InChI is InChI=1S/C17H28F3N/c1-2-5-21-15(3-4-17(18,19)20)16-13-7-11-6-12(9-13)10-14(16)8-11/h11-16,21H,2-10H2,1H3. The van der Waals surface area contributed by atoms with Crippen LogP contribution in [-0.4, -0.2) is 18.8 Å². The van der Waals surface area contributed by atoms with Crippen molar-refractivity contribution >= 4 is 0 Å². The molecule has 4 aliphatic carbocycles. The van der Waals surface area contributed by atoms with Crippen LogP contribution in [0.4, 0.5) is 13.2 Å². The molecule has 1 N–H and O–H groups in total. The summed E-state index contributed by atoms with van der Waals surface area (Å²) >= 11 is 0. The van der Waals surface area contributed by atoms with Crippen LogP contribution in [0.3, 0.4) is 0 Å². The third-order valence-corrected chi connectivity index (χ3v) is 6.16. The van der Waals surface area contributed by atoms with E-state index in [1.807, 2.05) is 0 Å². The molecule has 0 aromatic carbocycles. The topological polar surface area (TPSA) is 12.0 Å². The van der Waals surface area contributed by atoms with E-state index in [-0.39, 0.29) is 12.5 Å². The van der Waals surface area contributed by atoms with Crippen molar-refractivity contribution in [3.05, 3.63) is 0 Å². The van der Waals surface area contributed by atoms with Crippen molar-refractivity contribution < 1.29 is 13.2 Å². The predicted octanol–water partition coefficient (Wildman–Crippen LogP) is 4.77. The number of nitrogens with one attached hydrogen (secondary N) is 1. The Bertz CT molecular complexity index is 324. The maximum atomic E-state index is 12.6. The molecule has 21 heavy (non-hydrogen) atoms. The second kappa shape index (κ2) is 6.10. The highest BCUT2D eigenvalue weighted by Gasteiger charge is 2.50. The van der Waals surface area contributed by atoms with Crippen molar-refractivity contribution in [2.75, 3.05) is 6.54 Å². The lowest BCUT2D eigenvalue weighted by atomic mass is 9.50. The minimum absolute atomic E-state index is 0.0848. The highest BCUT2D eigenvalue weighted by atomic mass is 19.4. The Hall–Kier alpha value is -0.250. The number of hydrogen-bond donors (Lipinski definition) is 1. The summed E-state index contributed by atoms with van der Waals surface area (Å²) in [6, 6.07) is 0.0848. The summed E-state index contributed by atoms with van der Waals surface area (Å²) < 4.78 is 37.9. The third kappa shape index (κ3) is 3.57. The summed E-state index contributed by atoms with van der Waals surface area (Å²) in [6.45, 7) is 2.94. The average molecular weight is 303 g/mol. The molecule has 4 heteroatoms. The fourth-order valence-corrected chi connectivity index (χ4v) is 5.70. The van der Waals surface area contributed by atoms with Gasteiger partial charge in [0.15, 0.2) is 0 Å². The van der Waals surface area contributed by atoms with Crippen molar-refractivity contribution in [3.8, 4) is 0 Å². The molecule has 1 unspecified atom stereocenters. The largest absolute Gasteiger partial charge is 0.389 e. The first-order valence-corrected chi connectivity index (χ1v) is 8.76. The van der Waals surface area contributed by atoms with Crippen LogP contribution in [0, 0.1) is 29.6 Å². The third-order valence-electron chi connectivity index (χ3n) is 6.16. The molecule has 4 rings (SSSR count). The number of hydrogen-bond acceptors (Lipinski definition) is 1. The number of alkyl halides is 3. The van der Waals surface area contributed by atoms with Gasteiger partial charge in [-0.25, -0.2) is 0 Å². The molecule has 0 aromatic rings. The van der Waals surface area contributed by atoms with E-state index < -0.39 is 12.6 Å². The Kier molecular flexibility index (Phi) is 4.54. The molecule has 1 nitrogen and oxygen atoms in total. The smallest absolute Gasteiger partial charge is 0.314 e. The molecule has 4 fully saturated rings. The zero-order chi connectivity index (χ0) is 15.0. The van der Waals surface area contributed by atoms with E-state index in [1.54, 1.807) is 0 Å². The average Bonchev–Trinajstić information content (AvgIpc) is 2.38. The second-order valence-electron chi connectivity index (χ2n) is 7.72. The molecular weight excluding hydrogens is 275 g/mol. The summed E-state index contributed by atoms with van der Waals surface area (Å²) in [5, 5.41) is 3.47. The van der Waals surface area contributed by atoms with Crippen molar-refractivity contribution in [2.24, 2.45) is 29.6 Å². The Labute approximate surface area is 126 Å². The van der Waals surface area contributed by atoms with Gasteiger partial charge in [0, 0.05) is 12.5 Å². The fourth-order valence-electron chi connectivity index (χ4n) is 5.70. The summed E-state index contributed by atoms with van der Waals surface area (Å²) in [6.07, 6.45) is 3.17. The lowest BCUT2D eigenvalue weighted by molar-refractivity contribution is -0.140. The van der Waals surface area contributed by atoms with Crippen molar-refractivity contribution in [1.29, 1.82) is 0 Å². The molecule has 0 saturated heterocycles. The van der Waals surface area contributed by atoms with Crippen LogP contribution in [-0.2, 0) is 0 Å². The van der Waals surface area contributed by atoms with Gasteiger partial charge in [0.1, 0.15) is 0 Å². The maximum Gasteiger partial charge on any atom is 0.389 e. The van der Waals surface area contributed by atoms with Crippen LogP contribution in [0.25, 0.3) is 0 Å². The quantitative estimate of drug-likeness (QED) is 0.745. The zero-order valence-electron chi connectivity index (χ0n) is 13.0. The molecule has 0 heterocycles. The van der Waals surface area contributed by atoms with Gasteiger partial charge >= 0.3 is 6.18 Å². The Balaban J connectivity index is 1.67. The minimum atomic E-state index is -4.02. The van der Waals surface area contributed by atoms with Crippen molar-refractivity contribution in [1.82, 2.24) is 5.32 Å². The van der Waals surface area contributed by atoms with Gasteiger partial charge in [-0.3, -0.25) is 0 Å². The highest BCUT2D eigenvalue weighted by molar-refractivity contribution is 5.01. The van der Waals surface area contributed by atoms with Gasteiger partial charge in [0.2, 0.25) is 0 Å². The molecule has 0 spiro atoms. The van der Waals surface area contributed by atoms with Crippen molar-refractivity contribution in [2.45, 2.75) is 70.5 Å². The van der Waals surface area contributed by atoms with Gasteiger partial charge < -0.3 is 5.32 Å². The van der Waals surface area contributed by atoms with Crippen LogP contribution in [0.1, 0.15) is 58.3 Å². The fraction of sp³-hybridized carbons (Fsp3) is 1.00. The molecule has 0 aliphatic heterocycles. The summed E-state index contributed by atoms with van der Waals surface area (Å²) in [4.78, 5) is 0. The molecule has 4 aliphatic rings. The maximum absolute atomic E-state index is 12.6. The first kappa shape index (κ1) is 15.6. The summed E-state index contributed by atoms with van der Waals surface area (Å²) in [7, 11) is 0. The first-order valence-electron chi connectivity index (χ1n) is 8.76. The van der Waals surface area contributed by atoms with E-state index in [2.05, 4.69) is 12.2 Å². The van der Waals surface area contributed by atoms with Gasteiger partial charge in [-0.2, -0.15) is 13.2 Å². The Morgan fingerprint density at radius 1 is 1.00 bits per heavy atom. The van der Waals surface area contributed by atoms with Crippen molar-refractivity contribution in [3.63, 3.8) is 0 Å². The van der Waals surface area contributed by atoms with E-state index in [1.165, 1.54) is 32.1 Å². The first-order chi connectivity index (χ1) is 9.96. The lowest BCUT2D eigenvalue weighted by Gasteiger charge is -2.56. The Morgan fingerprint density at radius 3 is 2.05 bits per heavy atom. The van der Waals surface area contributed by atoms with E-state index in [9.17, 15) is 13.2 Å². The van der Waals surface area contributed by atoms with Crippen LogP contribution in [0.5, 0.6) is 0 Å². The normalized spacial score (nSPS) is 39.7. The highest BCUT2D eigenvalue weighted by Crippen LogP contribution is 2.57. The Morgan fingerprint density at radius 2 is 1.57 bits per heavy atom. The number of halogens is 3. The summed E-state index contributed by atoms with van der Waals surface area (Å²) in [5.74, 6) is 3.68. The summed E-state index contributed by atoms with van der Waals surface area (Å²) in [5.41, 5.74) is 0. The van der Waals surface area contributed by atoms with E-state index in [0.29, 0.717) is 17.8 Å². The monoisotopic (exact) mass is 303 g/mol. The van der Waals surface area contributed by atoms with Gasteiger partial charge in [-0.05, 0) is 81.1 Å². The van der Waals surface area contributed by atoms with Crippen LogP contribution >= 0.6 is 0 Å². The molecule has 0 radical (unpaired) electrons. The molecule has 4 bridgehead atoms. The predicted molar refractivity (Wildman–Crippen MR) is 77.9 cm³/mol. The molecule has 4 saturated carbocycles. The van der Waals surface area contributed by atoms with Gasteiger partial charge in [-0.15, -0.1) is 0 Å².